The van der Waals surface area contributed by atoms with Crippen LogP contribution < -0.4 is 5.32 Å². The maximum Gasteiger partial charge on any atom is 0.246 e. The molecule has 1 fully saturated rings. The number of hydrogen-bond donors (Lipinski definition) is 2. The average Bonchev–Trinajstić information content (AvgIpc) is 2.86. The van der Waals surface area contributed by atoms with Gasteiger partial charge in [-0.15, -0.1) is 0 Å². The fourth-order valence-corrected chi connectivity index (χ4v) is 4.67. The molecule has 0 aromatic carbocycles. The molecule has 1 saturated heterocycles. The highest BCUT2D eigenvalue weighted by molar-refractivity contribution is 7.89. The maximum absolute atomic E-state index is 12.8. The summed E-state index contributed by atoms with van der Waals surface area (Å²) < 4.78 is 27.0. The first kappa shape index (κ1) is 17.9. The number of aromatic amines is 1. The molecule has 23 heavy (non-hydrogen) atoms. The molecule has 0 bridgehead atoms. The summed E-state index contributed by atoms with van der Waals surface area (Å²) in [5.74, 6) is -0.0749. The Morgan fingerprint density at radius 1 is 1.39 bits per heavy atom. The van der Waals surface area contributed by atoms with Gasteiger partial charge in [0.1, 0.15) is 4.90 Å². The lowest BCUT2D eigenvalue weighted by molar-refractivity contribution is -0.126. The van der Waals surface area contributed by atoms with E-state index in [0.717, 1.165) is 6.42 Å². The number of hydrogen-bond acceptors (Lipinski definition) is 4. The lowest BCUT2D eigenvalue weighted by Gasteiger charge is -2.31. The van der Waals surface area contributed by atoms with Gasteiger partial charge in [0.2, 0.25) is 15.9 Å². The summed E-state index contributed by atoms with van der Waals surface area (Å²) in [6.07, 6.45) is 1.99. The first-order valence-corrected chi connectivity index (χ1v) is 9.53. The molecule has 1 aliphatic rings. The van der Waals surface area contributed by atoms with Crippen molar-refractivity contribution < 1.29 is 13.2 Å². The third-order valence-electron chi connectivity index (χ3n) is 4.48. The van der Waals surface area contributed by atoms with Gasteiger partial charge >= 0.3 is 0 Å². The topological polar surface area (TPSA) is 95.2 Å². The van der Waals surface area contributed by atoms with Crippen molar-refractivity contribution in [3.63, 3.8) is 0 Å². The average molecular weight is 342 g/mol. The smallest absolute Gasteiger partial charge is 0.246 e. The van der Waals surface area contributed by atoms with Crippen LogP contribution in [0.2, 0.25) is 0 Å². The standard InChI is InChI=1S/C15H26N4O3S/c1-5-10(2)16-15(20)13-6-8-19(9-7-13)23(21,22)14-11(3)17-18-12(14)4/h10,13H,5-9H2,1-4H3,(H,16,20)(H,17,18). The van der Waals surface area contributed by atoms with Crippen molar-refractivity contribution in [3.8, 4) is 0 Å². The van der Waals surface area contributed by atoms with Gasteiger partial charge in [-0.1, -0.05) is 6.92 Å². The summed E-state index contributed by atoms with van der Waals surface area (Å²) in [5, 5.41) is 9.66. The van der Waals surface area contributed by atoms with Crippen LogP contribution in [0.15, 0.2) is 4.90 Å². The Morgan fingerprint density at radius 3 is 2.48 bits per heavy atom. The number of nitrogens with one attached hydrogen (secondary N) is 2. The van der Waals surface area contributed by atoms with E-state index in [9.17, 15) is 13.2 Å². The second-order valence-electron chi connectivity index (χ2n) is 6.26. The van der Waals surface area contributed by atoms with E-state index >= 15 is 0 Å². The van der Waals surface area contributed by atoms with E-state index in [0.29, 0.717) is 37.3 Å². The van der Waals surface area contributed by atoms with Gasteiger partial charge in [0.05, 0.1) is 11.4 Å². The molecule has 2 N–H and O–H groups in total. The van der Waals surface area contributed by atoms with E-state index in [-0.39, 0.29) is 22.8 Å². The van der Waals surface area contributed by atoms with E-state index in [2.05, 4.69) is 15.5 Å². The Balaban J connectivity index is 2.03. The van der Waals surface area contributed by atoms with Crippen LogP contribution in [0.4, 0.5) is 0 Å². The number of carbonyl (C=O) groups is 1. The van der Waals surface area contributed by atoms with Crippen molar-refractivity contribution in [2.75, 3.05) is 13.1 Å². The number of sulfonamides is 1. The van der Waals surface area contributed by atoms with E-state index in [1.165, 1.54) is 4.31 Å². The summed E-state index contributed by atoms with van der Waals surface area (Å²) in [4.78, 5) is 12.4. The van der Waals surface area contributed by atoms with Crippen LogP contribution in [0.25, 0.3) is 0 Å². The van der Waals surface area contributed by atoms with Crippen LogP contribution in [0, 0.1) is 19.8 Å². The fraction of sp³-hybridized carbons (Fsp3) is 0.733. The van der Waals surface area contributed by atoms with Gasteiger partial charge < -0.3 is 5.32 Å². The second kappa shape index (κ2) is 7.00. The number of aryl methyl sites for hydroxylation is 2. The lowest BCUT2D eigenvalue weighted by atomic mass is 9.97. The molecule has 7 nitrogen and oxygen atoms in total. The lowest BCUT2D eigenvalue weighted by Crippen LogP contribution is -2.44. The molecule has 1 aromatic heterocycles. The van der Waals surface area contributed by atoms with Gasteiger partial charge in [-0.3, -0.25) is 9.89 Å². The molecule has 1 atom stereocenters. The zero-order chi connectivity index (χ0) is 17.2. The normalized spacial score (nSPS) is 18.8. The minimum absolute atomic E-state index is 0.0343. The monoisotopic (exact) mass is 342 g/mol. The van der Waals surface area contributed by atoms with Crippen LogP contribution in [0.3, 0.4) is 0 Å². The van der Waals surface area contributed by atoms with Crippen molar-refractivity contribution in [2.24, 2.45) is 5.92 Å². The molecule has 1 amide bonds. The summed E-state index contributed by atoms with van der Waals surface area (Å²) in [7, 11) is -3.55. The maximum atomic E-state index is 12.8. The van der Waals surface area contributed by atoms with E-state index < -0.39 is 10.0 Å². The summed E-state index contributed by atoms with van der Waals surface area (Å²) >= 11 is 0. The van der Waals surface area contributed by atoms with Crippen LogP contribution in [0.1, 0.15) is 44.5 Å². The molecule has 0 saturated carbocycles. The Bertz CT molecular complexity index is 641. The van der Waals surface area contributed by atoms with Crippen LogP contribution in [-0.2, 0) is 14.8 Å². The molecule has 0 aliphatic carbocycles. The van der Waals surface area contributed by atoms with Crippen molar-refractivity contribution in [1.29, 1.82) is 0 Å². The van der Waals surface area contributed by atoms with Gasteiger partial charge in [-0.2, -0.15) is 9.40 Å². The Morgan fingerprint density at radius 2 is 2.00 bits per heavy atom. The number of rotatable bonds is 5. The first-order valence-electron chi connectivity index (χ1n) is 8.09. The number of piperidine rings is 1. The van der Waals surface area contributed by atoms with Gasteiger partial charge in [-0.25, -0.2) is 8.42 Å². The summed E-state index contributed by atoms with van der Waals surface area (Å²) in [6.45, 7) is 8.12. The fourth-order valence-electron chi connectivity index (χ4n) is 2.87. The highest BCUT2D eigenvalue weighted by atomic mass is 32.2. The van der Waals surface area contributed by atoms with Crippen molar-refractivity contribution in [1.82, 2.24) is 19.8 Å². The molecule has 1 aromatic rings. The van der Waals surface area contributed by atoms with Crippen molar-refractivity contribution in [3.05, 3.63) is 11.4 Å². The summed E-state index contributed by atoms with van der Waals surface area (Å²) in [6, 6.07) is 0.153. The molecular weight excluding hydrogens is 316 g/mol. The predicted molar refractivity (Wildman–Crippen MR) is 87.4 cm³/mol. The summed E-state index contributed by atoms with van der Waals surface area (Å²) in [5.41, 5.74) is 1.04. The van der Waals surface area contributed by atoms with E-state index in [4.69, 9.17) is 0 Å². The number of nitrogens with zero attached hydrogens (tertiary/aromatic N) is 2. The minimum atomic E-state index is -3.55. The first-order chi connectivity index (χ1) is 10.8. The molecule has 2 heterocycles. The van der Waals surface area contributed by atoms with Crippen LogP contribution >= 0.6 is 0 Å². The Hall–Kier alpha value is -1.41. The molecule has 8 heteroatoms. The molecule has 1 aliphatic heterocycles. The third-order valence-corrected chi connectivity index (χ3v) is 6.65. The van der Waals surface area contributed by atoms with Gasteiger partial charge in [0.25, 0.3) is 0 Å². The number of H-pyrrole nitrogens is 1. The van der Waals surface area contributed by atoms with Crippen molar-refractivity contribution >= 4 is 15.9 Å². The minimum Gasteiger partial charge on any atom is -0.353 e. The second-order valence-corrected chi connectivity index (χ2v) is 8.13. The van der Waals surface area contributed by atoms with Gasteiger partial charge in [0.15, 0.2) is 0 Å². The molecule has 130 valence electrons. The highest BCUT2D eigenvalue weighted by Crippen LogP contribution is 2.26. The molecule has 2 rings (SSSR count). The van der Waals surface area contributed by atoms with Crippen molar-refractivity contribution in [2.45, 2.75) is 57.9 Å². The highest BCUT2D eigenvalue weighted by Gasteiger charge is 2.34. The number of carbonyl (C=O) groups excluding carboxylic acids is 1. The SMILES string of the molecule is CCC(C)NC(=O)C1CCN(S(=O)(=O)c2c(C)n[nH]c2C)CC1. The molecule has 1 unspecified atom stereocenters. The zero-order valence-corrected chi connectivity index (χ0v) is 15.0. The van der Waals surface area contributed by atoms with Crippen LogP contribution in [-0.4, -0.2) is 48.0 Å². The van der Waals surface area contributed by atoms with Gasteiger partial charge in [-0.05, 0) is 40.0 Å². The Labute approximate surface area is 137 Å². The quantitative estimate of drug-likeness (QED) is 0.844. The number of aromatic nitrogens is 2. The zero-order valence-electron chi connectivity index (χ0n) is 14.2. The molecule has 0 spiro atoms. The molecular formula is C15H26N4O3S. The van der Waals surface area contributed by atoms with Gasteiger partial charge in [0, 0.05) is 25.0 Å². The Kier molecular flexibility index (Phi) is 5.46. The van der Waals surface area contributed by atoms with E-state index in [1.807, 2.05) is 13.8 Å². The number of amides is 1. The molecule has 0 radical (unpaired) electrons. The van der Waals surface area contributed by atoms with E-state index in [1.54, 1.807) is 13.8 Å². The largest absolute Gasteiger partial charge is 0.353 e. The third kappa shape index (κ3) is 3.74. The predicted octanol–water partition coefficient (Wildman–Crippen LogP) is 1.34. The van der Waals surface area contributed by atoms with Crippen LogP contribution in [0.5, 0.6) is 0 Å².